The third-order valence-electron chi connectivity index (χ3n) is 5.82. The molecular formula is C25H28ClN5O. The van der Waals surface area contributed by atoms with Crippen molar-refractivity contribution in [2.45, 2.75) is 20.3 Å². The molecule has 32 heavy (non-hydrogen) atoms. The van der Waals surface area contributed by atoms with Crippen molar-refractivity contribution in [1.82, 2.24) is 14.9 Å². The molecule has 1 aliphatic rings. The first-order valence-corrected chi connectivity index (χ1v) is 11.3. The summed E-state index contributed by atoms with van der Waals surface area (Å²) in [5.41, 5.74) is 4.47. The van der Waals surface area contributed by atoms with E-state index >= 15 is 0 Å². The number of amides is 1. The van der Waals surface area contributed by atoms with E-state index in [0.29, 0.717) is 10.7 Å². The zero-order valence-electron chi connectivity index (χ0n) is 18.7. The van der Waals surface area contributed by atoms with Gasteiger partial charge >= 0.3 is 0 Å². The first-order chi connectivity index (χ1) is 15.4. The molecule has 0 radical (unpaired) electrons. The zero-order valence-corrected chi connectivity index (χ0v) is 19.5. The Kier molecular flexibility index (Phi) is 6.72. The molecule has 1 saturated heterocycles. The summed E-state index contributed by atoms with van der Waals surface area (Å²) in [6, 6.07) is 11.6. The highest BCUT2D eigenvalue weighted by atomic mass is 35.5. The molecule has 1 fully saturated rings. The van der Waals surface area contributed by atoms with Crippen LogP contribution in [0.1, 0.15) is 23.7 Å². The minimum Gasteiger partial charge on any atom is -0.338 e. The van der Waals surface area contributed by atoms with Crippen LogP contribution in [0.5, 0.6) is 0 Å². The highest BCUT2D eigenvalue weighted by Gasteiger charge is 2.17. The Morgan fingerprint density at radius 1 is 1.12 bits per heavy atom. The van der Waals surface area contributed by atoms with Gasteiger partial charge in [-0.3, -0.25) is 4.79 Å². The van der Waals surface area contributed by atoms with E-state index in [9.17, 15) is 4.79 Å². The molecule has 0 bridgehead atoms. The van der Waals surface area contributed by atoms with Crippen LogP contribution in [0.3, 0.4) is 0 Å². The van der Waals surface area contributed by atoms with Gasteiger partial charge in [0.05, 0.1) is 11.2 Å². The molecule has 4 rings (SSSR count). The summed E-state index contributed by atoms with van der Waals surface area (Å²) in [4.78, 5) is 26.5. The lowest BCUT2D eigenvalue weighted by Gasteiger charge is -2.32. The summed E-state index contributed by atoms with van der Waals surface area (Å²) in [5.74, 6) is 0.557. The molecule has 3 aromatic rings. The lowest BCUT2D eigenvalue weighted by molar-refractivity contribution is -0.111. The molecule has 0 aliphatic carbocycles. The Morgan fingerprint density at radius 2 is 1.91 bits per heavy atom. The smallest absolute Gasteiger partial charge is 0.248 e. The molecule has 0 unspecified atom stereocenters. The van der Waals surface area contributed by atoms with Crippen LogP contribution in [0.2, 0.25) is 5.02 Å². The fourth-order valence-corrected chi connectivity index (χ4v) is 4.03. The molecule has 7 heteroatoms. The molecule has 1 N–H and O–H groups in total. The van der Waals surface area contributed by atoms with Gasteiger partial charge in [-0.15, -0.1) is 0 Å². The number of benzene rings is 2. The molecule has 6 nitrogen and oxygen atoms in total. The lowest BCUT2D eigenvalue weighted by Crippen LogP contribution is -2.45. The second-order valence-corrected chi connectivity index (χ2v) is 8.57. The van der Waals surface area contributed by atoms with Crippen LogP contribution in [-0.4, -0.2) is 54.0 Å². The van der Waals surface area contributed by atoms with Gasteiger partial charge in [0.2, 0.25) is 11.9 Å². The van der Waals surface area contributed by atoms with Gasteiger partial charge in [0.15, 0.2) is 0 Å². The number of halogens is 1. The van der Waals surface area contributed by atoms with E-state index < -0.39 is 0 Å². The Morgan fingerprint density at radius 3 is 2.62 bits per heavy atom. The van der Waals surface area contributed by atoms with E-state index in [1.807, 2.05) is 43.3 Å². The van der Waals surface area contributed by atoms with Crippen LogP contribution in [0, 0.1) is 6.92 Å². The van der Waals surface area contributed by atoms with E-state index in [-0.39, 0.29) is 5.91 Å². The number of likely N-dealkylation sites (N-methyl/N-ethyl adjacent to an activating group) is 1. The standard InChI is InChI=1S/C25H28ClN5O/c1-4-18-5-6-19(22(26)15-18)7-10-24(32)28-20-8-9-23-21(16-20)17(2)27-25(29-23)31-13-11-30(3)12-14-31/h5-10,15-16H,4,11-14H2,1-3H3,(H,28,32). The maximum absolute atomic E-state index is 12.4. The Bertz CT molecular complexity index is 1170. The van der Waals surface area contributed by atoms with E-state index in [2.05, 4.69) is 29.1 Å². The fourth-order valence-electron chi connectivity index (χ4n) is 3.77. The molecule has 1 aliphatic heterocycles. The summed E-state index contributed by atoms with van der Waals surface area (Å²) in [6.45, 7) is 7.93. The van der Waals surface area contributed by atoms with E-state index in [1.165, 1.54) is 11.6 Å². The Hall–Kier alpha value is -2.96. The van der Waals surface area contributed by atoms with Crippen molar-refractivity contribution < 1.29 is 4.79 Å². The SMILES string of the molecule is CCc1ccc(C=CC(=O)Nc2ccc3nc(N4CCN(C)CC4)nc(C)c3c2)c(Cl)c1. The summed E-state index contributed by atoms with van der Waals surface area (Å²) < 4.78 is 0. The van der Waals surface area contributed by atoms with Gasteiger partial charge in [0.25, 0.3) is 0 Å². The van der Waals surface area contributed by atoms with Crippen molar-refractivity contribution in [1.29, 1.82) is 0 Å². The molecule has 0 saturated carbocycles. The van der Waals surface area contributed by atoms with Crippen molar-refractivity contribution in [3.63, 3.8) is 0 Å². The van der Waals surface area contributed by atoms with Gasteiger partial charge in [-0.2, -0.15) is 0 Å². The second kappa shape index (κ2) is 9.67. The molecule has 1 aromatic heterocycles. The molecule has 166 valence electrons. The van der Waals surface area contributed by atoms with Gasteiger partial charge in [0.1, 0.15) is 0 Å². The van der Waals surface area contributed by atoms with Crippen LogP contribution >= 0.6 is 11.6 Å². The number of nitrogens with one attached hydrogen (secondary N) is 1. The topological polar surface area (TPSA) is 61.4 Å². The predicted octanol–water partition coefficient (Wildman–Crippen LogP) is 4.56. The van der Waals surface area contributed by atoms with Crippen molar-refractivity contribution in [2.24, 2.45) is 0 Å². The monoisotopic (exact) mass is 449 g/mol. The number of carbonyl (C=O) groups is 1. The second-order valence-electron chi connectivity index (χ2n) is 8.16. The number of carbonyl (C=O) groups excluding carboxylic acids is 1. The van der Waals surface area contributed by atoms with Crippen LogP contribution in [-0.2, 0) is 11.2 Å². The average Bonchev–Trinajstić information content (AvgIpc) is 2.79. The van der Waals surface area contributed by atoms with Gasteiger partial charge in [-0.25, -0.2) is 9.97 Å². The maximum atomic E-state index is 12.4. The first kappa shape index (κ1) is 22.2. The predicted molar refractivity (Wildman–Crippen MR) is 132 cm³/mol. The summed E-state index contributed by atoms with van der Waals surface area (Å²) in [5, 5.41) is 4.49. The Labute approximate surface area is 193 Å². The maximum Gasteiger partial charge on any atom is 0.248 e. The minimum absolute atomic E-state index is 0.215. The minimum atomic E-state index is -0.215. The van der Waals surface area contributed by atoms with Gasteiger partial charge < -0.3 is 15.1 Å². The highest BCUT2D eigenvalue weighted by Crippen LogP contribution is 2.24. The summed E-state index contributed by atoms with van der Waals surface area (Å²) in [6.07, 6.45) is 4.15. The average molecular weight is 450 g/mol. The molecule has 0 atom stereocenters. The molecule has 2 aromatic carbocycles. The summed E-state index contributed by atoms with van der Waals surface area (Å²) >= 11 is 6.31. The quantitative estimate of drug-likeness (QED) is 0.578. The molecular weight excluding hydrogens is 422 g/mol. The first-order valence-electron chi connectivity index (χ1n) is 10.9. The van der Waals surface area contributed by atoms with E-state index in [1.54, 1.807) is 6.08 Å². The molecule has 0 spiro atoms. The number of hydrogen-bond acceptors (Lipinski definition) is 5. The molecule has 2 heterocycles. The normalized spacial score (nSPS) is 14.9. The van der Waals surface area contributed by atoms with E-state index in [4.69, 9.17) is 21.6 Å². The van der Waals surface area contributed by atoms with Crippen molar-refractivity contribution >= 4 is 46.1 Å². The third-order valence-corrected chi connectivity index (χ3v) is 6.14. The number of fused-ring (bicyclic) bond motifs is 1. The lowest BCUT2D eigenvalue weighted by atomic mass is 10.1. The van der Waals surface area contributed by atoms with Crippen LogP contribution in [0.4, 0.5) is 11.6 Å². The largest absolute Gasteiger partial charge is 0.338 e. The molecule has 1 amide bonds. The van der Waals surface area contributed by atoms with Crippen LogP contribution < -0.4 is 10.2 Å². The van der Waals surface area contributed by atoms with Crippen LogP contribution in [0.25, 0.3) is 17.0 Å². The number of aromatic nitrogens is 2. The van der Waals surface area contributed by atoms with Gasteiger partial charge in [-0.1, -0.05) is 30.7 Å². The summed E-state index contributed by atoms with van der Waals surface area (Å²) in [7, 11) is 2.13. The van der Waals surface area contributed by atoms with Gasteiger partial charge in [-0.05, 0) is 61.9 Å². The number of aryl methyl sites for hydroxylation is 2. The van der Waals surface area contributed by atoms with Crippen LogP contribution in [0.15, 0.2) is 42.5 Å². The highest BCUT2D eigenvalue weighted by molar-refractivity contribution is 6.32. The van der Waals surface area contributed by atoms with Crippen molar-refractivity contribution in [2.75, 3.05) is 43.4 Å². The van der Waals surface area contributed by atoms with Crippen molar-refractivity contribution in [3.8, 4) is 0 Å². The number of rotatable bonds is 5. The number of hydrogen-bond donors (Lipinski definition) is 1. The zero-order chi connectivity index (χ0) is 22.7. The number of piperazine rings is 1. The number of anilines is 2. The fraction of sp³-hybridized carbons (Fsp3) is 0.320. The van der Waals surface area contributed by atoms with E-state index in [0.717, 1.165) is 60.7 Å². The Balaban J connectivity index is 1.48. The van der Waals surface area contributed by atoms with Crippen molar-refractivity contribution in [3.05, 3.63) is 64.3 Å². The van der Waals surface area contributed by atoms with Gasteiger partial charge in [0, 0.05) is 48.4 Å². The third kappa shape index (κ3) is 5.09. The number of nitrogens with zero attached hydrogens (tertiary/aromatic N) is 4.